The van der Waals surface area contributed by atoms with Crippen LogP contribution in [-0.2, 0) is 20.2 Å². The van der Waals surface area contributed by atoms with E-state index in [2.05, 4.69) is 10.2 Å². The van der Waals surface area contributed by atoms with E-state index in [1.807, 2.05) is 53.1 Å². The minimum absolute atomic E-state index is 0.130. The van der Waals surface area contributed by atoms with E-state index in [1.165, 1.54) is 10.6 Å². The summed E-state index contributed by atoms with van der Waals surface area (Å²) in [6, 6.07) is 7.47. The first-order valence-electron chi connectivity index (χ1n) is 8.91. The maximum Gasteiger partial charge on any atom is 0.232 e. The Morgan fingerprint density at radius 1 is 1.12 bits per heavy atom. The summed E-state index contributed by atoms with van der Waals surface area (Å²) in [5.74, 6) is -0.134. The van der Waals surface area contributed by atoms with Crippen LogP contribution in [0.25, 0.3) is 0 Å². The van der Waals surface area contributed by atoms with Gasteiger partial charge in [0, 0.05) is 19.5 Å². The van der Waals surface area contributed by atoms with Crippen molar-refractivity contribution >= 4 is 21.6 Å². The Morgan fingerprint density at radius 3 is 2.27 bits per heavy atom. The Bertz CT molecular complexity index is 694. The molecule has 0 aliphatic carbocycles. The summed E-state index contributed by atoms with van der Waals surface area (Å²) in [5, 5.41) is 2.85. The maximum atomic E-state index is 12.3. The van der Waals surface area contributed by atoms with E-state index in [0.717, 1.165) is 18.5 Å². The van der Waals surface area contributed by atoms with Crippen molar-refractivity contribution in [2.45, 2.75) is 39.0 Å². The second-order valence-electron chi connectivity index (χ2n) is 7.86. The van der Waals surface area contributed by atoms with Crippen molar-refractivity contribution < 1.29 is 13.2 Å². The number of hydrogen-bond acceptors (Lipinski definition) is 4. The number of para-hydroxylation sites is 1. The normalized spacial score (nSPS) is 12.3. The molecule has 0 heterocycles. The average molecular weight is 384 g/mol. The minimum Gasteiger partial charge on any atom is -0.356 e. The standard InChI is InChI=1S/C19H33N3O3S/c1-19(2,3)16-10-7-8-11-17(16)22(26(6,24)25)15-12-18(23)20-13-9-14-21(4)5/h7-8,10-11H,9,12-15H2,1-6H3,(H,20,23). The van der Waals surface area contributed by atoms with Crippen molar-refractivity contribution in [2.24, 2.45) is 0 Å². The van der Waals surface area contributed by atoms with Gasteiger partial charge in [-0.15, -0.1) is 0 Å². The molecule has 26 heavy (non-hydrogen) atoms. The van der Waals surface area contributed by atoms with Crippen molar-refractivity contribution in [3.05, 3.63) is 29.8 Å². The van der Waals surface area contributed by atoms with Gasteiger partial charge in [0.1, 0.15) is 0 Å². The first-order valence-corrected chi connectivity index (χ1v) is 10.8. The highest BCUT2D eigenvalue weighted by atomic mass is 32.2. The summed E-state index contributed by atoms with van der Waals surface area (Å²) in [6.07, 6.45) is 2.18. The number of rotatable bonds is 9. The van der Waals surface area contributed by atoms with Crippen molar-refractivity contribution in [3.63, 3.8) is 0 Å². The van der Waals surface area contributed by atoms with E-state index in [-0.39, 0.29) is 24.3 Å². The molecule has 6 nitrogen and oxygen atoms in total. The molecule has 0 unspecified atom stereocenters. The number of nitrogens with one attached hydrogen (secondary N) is 1. The molecule has 0 saturated carbocycles. The third-order valence-electron chi connectivity index (χ3n) is 4.03. The van der Waals surface area contributed by atoms with Gasteiger partial charge in [-0.25, -0.2) is 8.42 Å². The fourth-order valence-electron chi connectivity index (χ4n) is 2.70. The Hall–Kier alpha value is -1.60. The van der Waals surface area contributed by atoms with Crippen molar-refractivity contribution in [2.75, 3.05) is 44.3 Å². The quantitative estimate of drug-likeness (QED) is 0.664. The average Bonchev–Trinajstić information content (AvgIpc) is 2.49. The van der Waals surface area contributed by atoms with Crippen molar-refractivity contribution in [1.29, 1.82) is 0 Å². The van der Waals surface area contributed by atoms with Crippen LogP contribution in [0.1, 0.15) is 39.2 Å². The highest BCUT2D eigenvalue weighted by molar-refractivity contribution is 7.92. The Morgan fingerprint density at radius 2 is 1.73 bits per heavy atom. The zero-order valence-electron chi connectivity index (χ0n) is 16.9. The third kappa shape index (κ3) is 7.33. The fourth-order valence-corrected chi connectivity index (χ4v) is 3.64. The van der Waals surface area contributed by atoms with E-state index in [4.69, 9.17) is 0 Å². The molecule has 1 aromatic carbocycles. The maximum absolute atomic E-state index is 12.3. The number of anilines is 1. The summed E-state index contributed by atoms with van der Waals surface area (Å²) in [4.78, 5) is 14.1. The third-order valence-corrected chi connectivity index (χ3v) is 5.21. The Balaban J connectivity index is 2.84. The predicted octanol–water partition coefficient (Wildman–Crippen LogP) is 2.21. The molecule has 0 aliphatic rings. The summed E-state index contributed by atoms with van der Waals surface area (Å²) < 4.78 is 26.0. The monoisotopic (exact) mass is 383 g/mol. The summed E-state index contributed by atoms with van der Waals surface area (Å²) in [5.41, 5.74) is 1.38. The van der Waals surface area contributed by atoms with E-state index in [0.29, 0.717) is 12.2 Å². The van der Waals surface area contributed by atoms with Gasteiger partial charge >= 0.3 is 0 Å². The van der Waals surface area contributed by atoms with E-state index >= 15 is 0 Å². The molecule has 148 valence electrons. The first kappa shape index (κ1) is 22.4. The Labute approximate surface area is 158 Å². The molecule has 0 bridgehead atoms. The molecular formula is C19H33N3O3S. The van der Waals surface area contributed by atoms with Gasteiger partial charge in [-0.1, -0.05) is 39.0 Å². The van der Waals surface area contributed by atoms with Crippen LogP contribution in [0, 0.1) is 0 Å². The van der Waals surface area contributed by atoms with Crippen LogP contribution >= 0.6 is 0 Å². The molecule has 1 N–H and O–H groups in total. The number of carbonyl (C=O) groups is 1. The topological polar surface area (TPSA) is 69.7 Å². The molecule has 0 aromatic heterocycles. The number of benzene rings is 1. The summed E-state index contributed by atoms with van der Waals surface area (Å²) >= 11 is 0. The molecule has 0 fully saturated rings. The lowest BCUT2D eigenvalue weighted by molar-refractivity contribution is -0.120. The van der Waals surface area contributed by atoms with Gasteiger partial charge in [0.25, 0.3) is 0 Å². The lowest BCUT2D eigenvalue weighted by Gasteiger charge is -2.30. The van der Waals surface area contributed by atoms with Crippen LogP contribution in [0.15, 0.2) is 24.3 Å². The zero-order chi connectivity index (χ0) is 20.0. The molecular weight excluding hydrogens is 350 g/mol. The molecule has 0 aliphatic heterocycles. The number of sulfonamides is 1. The highest BCUT2D eigenvalue weighted by Gasteiger charge is 2.25. The van der Waals surface area contributed by atoms with Gasteiger partial charge < -0.3 is 10.2 Å². The van der Waals surface area contributed by atoms with Crippen LogP contribution in [0.3, 0.4) is 0 Å². The van der Waals surface area contributed by atoms with Crippen molar-refractivity contribution in [1.82, 2.24) is 10.2 Å². The number of amides is 1. The number of carbonyl (C=O) groups excluding carboxylic acids is 1. The number of hydrogen-bond donors (Lipinski definition) is 1. The first-order chi connectivity index (χ1) is 11.9. The molecule has 0 spiro atoms. The second kappa shape index (κ2) is 9.37. The van der Waals surface area contributed by atoms with Crippen LogP contribution in [-0.4, -0.2) is 59.2 Å². The highest BCUT2D eigenvalue weighted by Crippen LogP contribution is 2.33. The van der Waals surface area contributed by atoms with Gasteiger partial charge in [-0.2, -0.15) is 0 Å². The van der Waals surface area contributed by atoms with Gasteiger partial charge in [0.05, 0.1) is 11.9 Å². The molecule has 1 rings (SSSR count). The van der Waals surface area contributed by atoms with Gasteiger partial charge in [-0.05, 0) is 44.1 Å². The zero-order valence-corrected chi connectivity index (χ0v) is 17.7. The van der Waals surface area contributed by atoms with Crippen molar-refractivity contribution in [3.8, 4) is 0 Å². The molecule has 7 heteroatoms. The summed E-state index contributed by atoms with van der Waals surface area (Å²) in [6.45, 7) is 7.76. The van der Waals surface area contributed by atoms with Crippen LogP contribution < -0.4 is 9.62 Å². The van der Waals surface area contributed by atoms with E-state index < -0.39 is 10.0 Å². The smallest absolute Gasteiger partial charge is 0.232 e. The van der Waals surface area contributed by atoms with Gasteiger partial charge in [0.15, 0.2) is 0 Å². The van der Waals surface area contributed by atoms with E-state index in [1.54, 1.807) is 6.07 Å². The predicted molar refractivity (Wildman–Crippen MR) is 108 cm³/mol. The molecule has 1 amide bonds. The minimum atomic E-state index is -3.49. The largest absolute Gasteiger partial charge is 0.356 e. The number of nitrogens with zero attached hydrogens (tertiary/aromatic N) is 2. The lowest BCUT2D eigenvalue weighted by atomic mass is 9.86. The second-order valence-corrected chi connectivity index (χ2v) is 9.77. The van der Waals surface area contributed by atoms with Gasteiger partial charge in [-0.3, -0.25) is 9.10 Å². The summed E-state index contributed by atoms with van der Waals surface area (Å²) in [7, 11) is 0.483. The molecule has 0 atom stereocenters. The van der Waals surface area contributed by atoms with Crippen LogP contribution in [0.5, 0.6) is 0 Å². The molecule has 0 radical (unpaired) electrons. The Kier molecular flexibility index (Phi) is 8.09. The van der Waals surface area contributed by atoms with Gasteiger partial charge in [0.2, 0.25) is 15.9 Å². The fraction of sp³-hybridized carbons (Fsp3) is 0.632. The van der Waals surface area contributed by atoms with E-state index in [9.17, 15) is 13.2 Å². The SMILES string of the molecule is CN(C)CCCNC(=O)CCN(c1ccccc1C(C)(C)C)S(C)(=O)=O. The molecule has 0 saturated heterocycles. The van der Waals surface area contributed by atoms with Crippen LogP contribution in [0.2, 0.25) is 0 Å². The lowest BCUT2D eigenvalue weighted by Crippen LogP contribution is -2.36. The van der Waals surface area contributed by atoms with Crippen LogP contribution in [0.4, 0.5) is 5.69 Å². The molecule has 1 aromatic rings.